The summed E-state index contributed by atoms with van der Waals surface area (Å²) in [6.45, 7) is 3.95. The van der Waals surface area contributed by atoms with Crippen LogP contribution in [0.5, 0.6) is 11.5 Å². The Kier molecular flexibility index (Phi) is 5.97. The minimum absolute atomic E-state index is 0.0558. The Morgan fingerprint density at radius 2 is 1.58 bits per heavy atom. The predicted molar refractivity (Wildman–Crippen MR) is 108 cm³/mol. The number of hydrogen-bond acceptors (Lipinski definition) is 3. The SMILES string of the molecule is Cc1ccc(S[C@H](C)C(=O)Nc2ccccc2Oc2ccccc2)cc1. The van der Waals surface area contributed by atoms with E-state index in [-0.39, 0.29) is 11.2 Å². The molecule has 3 aromatic carbocycles. The van der Waals surface area contributed by atoms with Crippen LogP contribution < -0.4 is 10.1 Å². The molecule has 1 atom stereocenters. The maximum Gasteiger partial charge on any atom is 0.237 e. The van der Waals surface area contributed by atoms with Crippen LogP contribution in [0.1, 0.15) is 12.5 Å². The molecule has 0 unspecified atom stereocenters. The van der Waals surface area contributed by atoms with Gasteiger partial charge in [-0.3, -0.25) is 4.79 Å². The van der Waals surface area contributed by atoms with Gasteiger partial charge in [-0.05, 0) is 50.2 Å². The number of para-hydroxylation sites is 3. The molecule has 3 rings (SSSR count). The van der Waals surface area contributed by atoms with E-state index in [1.807, 2.05) is 80.6 Å². The average Bonchev–Trinajstić information content (AvgIpc) is 2.66. The van der Waals surface area contributed by atoms with Crippen LogP contribution in [0.2, 0.25) is 0 Å². The minimum Gasteiger partial charge on any atom is -0.455 e. The van der Waals surface area contributed by atoms with E-state index in [1.54, 1.807) is 0 Å². The summed E-state index contributed by atoms with van der Waals surface area (Å²) in [6, 6.07) is 25.2. The van der Waals surface area contributed by atoms with Gasteiger partial charge in [0.2, 0.25) is 5.91 Å². The van der Waals surface area contributed by atoms with Crippen molar-refractivity contribution in [2.24, 2.45) is 0 Å². The van der Waals surface area contributed by atoms with Gasteiger partial charge in [-0.25, -0.2) is 0 Å². The molecule has 0 saturated carbocycles. The van der Waals surface area contributed by atoms with Crippen LogP contribution >= 0.6 is 11.8 Å². The van der Waals surface area contributed by atoms with Gasteiger partial charge in [-0.15, -0.1) is 11.8 Å². The highest BCUT2D eigenvalue weighted by atomic mass is 32.2. The van der Waals surface area contributed by atoms with Crippen molar-refractivity contribution in [1.29, 1.82) is 0 Å². The van der Waals surface area contributed by atoms with Crippen LogP contribution in [0, 0.1) is 6.92 Å². The average molecular weight is 363 g/mol. The molecular weight excluding hydrogens is 342 g/mol. The lowest BCUT2D eigenvalue weighted by Gasteiger charge is -2.15. The Balaban J connectivity index is 1.68. The molecule has 0 radical (unpaired) electrons. The number of carbonyl (C=O) groups is 1. The third kappa shape index (κ3) is 4.90. The number of nitrogens with one attached hydrogen (secondary N) is 1. The fourth-order valence-electron chi connectivity index (χ4n) is 2.38. The Labute approximate surface area is 158 Å². The lowest BCUT2D eigenvalue weighted by Crippen LogP contribution is -2.22. The second-order valence-electron chi connectivity index (χ2n) is 5.97. The smallest absolute Gasteiger partial charge is 0.237 e. The third-order valence-electron chi connectivity index (χ3n) is 3.82. The van der Waals surface area contributed by atoms with Crippen molar-refractivity contribution >= 4 is 23.4 Å². The zero-order valence-electron chi connectivity index (χ0n) is 14.8. The van der Waals surface area contributed by atoms with Crippen LogP contribution in [-0.2, 0) is 4.79 Å². The quantitative estimate of drug-likeness (QED) is 0.554. The van der Waals surface area contributed by atoms with Gasteiger partial charge < -0.3 is 10.1 Å². The van der Waals surface area contributed by atoms with E-state index < -0.39 is 0 Å². The van der Waals surface area contributed by atoms with Crippen LogP contribution in [0.15, 0.2) is 83.8 Å². The van der Waals surface area contributed by atoms with E-state index in [2.05, 4.69) is 17.4 Å². The van der Waals surface area contributed by atoms with Crippen molar-refractivity contribution in [1.82, 2.24) is 0 Å². The van der Waals surface area contributed by atoms with E-state index >= 15 is 0 Å². The molecule has 4 heteroatoms. The van der Waals surface area contributed by atoms with Crippen molar-refractivity contribution < 1.29 is 9.53 Å². The third-order valence-corrected chi connectivity index (χ3v) is 4.93. The van der Waals surface area contributed by atoms with Gasteiger partial charge in [-0.1, -0.05) is 48.0 Å². The highest BCUT2D eigenvalue weighted by molar-refractivity contribution is 8.00. The van der Waals surface area contributed by atoms with Crippen LogP contribution in [0.25, 0.3) is 0 Å². The molecular formula is C22H21NO2S. The standard InChI is InChI=1S/C22H21NO2S/c1-16-12-14-19(15-13-16)26-17(2)22(24)23-20-10-6-7-11-21(20)25-18-8-4-3-5-9-18/h3-15,17H,1-2H3,(H,23,24)/t17-/m1/s1. The number of amides is 1. The maximum absolute atomic E-state index is 12.6. The maximum atomic E-state index is 12.6. The van der Waals surface area contributed by atoms with Crippen molar-refractivity contribution in [2.75, 3.05) is 5.32 Å². The fourth-order valence-corrected chi connectivity index (χ4v) is 3.25. The molecule has 0 saturated heterocycles. The first-order valence-corrected chi connectivity index (χ1v) is 9.36. The summed E-state index contributed by atoms with van der Waals surface area (Å²) < 4.78 is 5.90. The number of benzene rings is 3. The molecule has 0 aliphatic heterocycles. The minimum atomic E-state index is -0.220. The highest BCUT2D eigenvalue weighted by Gasteiger charge is 2.16. The Bertz CT molecular complexity index is 863. The number of carbonyl (C=O) groups excluding carboxylic acids is 1. The Hall–Kier alpha value is -2.72. The summed E-state index contributed by atoms with van der Waals surface area (Å²) in [5, 5.41) is 2.76. The van der Waals surface area contributed by atoms with Gasteiger partial charge in [0.05, 0.1) is 10.9 Å². The lowest BCUT2D eigenvalue weighted by atomic mass is 10.2. The molecule has 1 N–H and O–H groups in total. The summed E-state index contributed by atoms with van der Waals surface area (Å²) in [7, 11) is 0. The summed E-state index contributed by atoms with van der Waals surface area (Å²) in [4.78, 5) is 13.7. The van der Waals surface area contributed by atoms with E-state index in [4.69, 9.17) is 4.74 Å². The summed E-state index contributed by atoms with van der Waals surface area (Å²) >= 11 is 1.54. The largest absolute Gasteiger partial charge is 0.455 e. The van der Waals surface area contributed by atoms with Gasteiger partial charge in [0, 0.05) is 4.90 Å². The molecule has 1 amide bonds. The normalized spacial score (nSPS) is 11.6. The van der Waals surface area contributed by atoms with Crippen LogP contribution in [-0.4, -0.2) is 11.2 Å². The lowest BCUT2D eigenvalue weighted by molar-refractivity contribution is -0.115. The van der Waals surface area contributed by atoms with Crippen molar-refractivity contribution in [2.45, 2.75) is 24.0 Å². The number of hydrogen-bond donors (Lipinski definition) is 1. The van der Waals surface area contributed by atoms with Crippen LogP contribution in [0.4, 0.5) is 5.69 Å². The number of ether oxygens (including phenoxy) is 1. The summed E-state index contributed by atoms with van der Waals surface area (Å²) in [6.07, 6.45) is 0. The van der Waals surface area contributed by atoms with Gasteiger partial charge >= 0.3 is 0 Å². The Morgan fingerprint density at radius 1 is 0.923 bits per heavy atom. The Morgan fingerprint density at radius 3 is 2.31 bits per heavy atom. The number of rotatable bonds is 6. The van der Waals surface area contributed by atoms with Crippen LogP contribution in [0.3, 0.4) is 0 Å². The van der Waals surface area contributed by atoms with Crippen molar-refractivity contribution in [3.8, 4) is 11.5 Å². The molecule has 3 nitrogen and oxygen atoms in total. The molecule has 3 aromatic rings. The van der Waals surface area contributed by atoms with Gasteiger partial charge in [-0.2, -0.15) is 0 Å². The fraction of sp³-hybridized carbons (Fsp3) is 0.136. The van der Waals surface area contributed by atoms with Crippen molar-refractivity contribution in [3.63, 3.8) is 0 Å². The number of anilines is 1. The van der Waals surface area contributed by atoms with Gasteiger partial charge in [0.1, 0.15) is 5.75 Å². The predicted octanol–water partition coefficient (Wildman–Crippen LogP) is 5.91. The first-order valence-electron chi connectivity index (χ1n) is 8.48. The zero-order valence-corrected chi connectivity index (χ0v) is 15.6. The summed E-state index contributed by atoms with van der Waals surface area (Å²) in [5.41, 5.74) is 1.87. The second kappa shape index (κ2) is 8.59. The molecule has 0 aromatic heterocycles. The molecule has 0 spiro atoms. The highest BCUT2D eigenvalue weighted by Crippen LogP contribution is 2.30. The molecule has 0 aliphatic rings. The summed E-state index contributed by atoms with van der Waals surface area (Å²) in [5.74, 6) is 1.30. The molecule has 26 heavy (non-hydrogen) atoms. The molecule has 0 heterocycles. The number of thioether (sulfide) groups is 1. The second-order valence-corrected chi connectivity index (χ2v) is 7.39. The number of aryl methyl sites for hydroxylation is 1. The molecule has 132 valence electrons. The molecule has 0 aliphatic carbocycles. The molecule has 0 bridgehead atoms. The van der Waals surface area contributed by atoms with E-state index in [9.17, 15) is 4.79 Å². The first-order chi connectivity index (χ1) is 12.6. The van der Waals surface area contributed by atoms with E-state index in [1.165, 1.54) is 17.3 Å². The van der Waals surface area contributed by atoms with E-state index in [0.29, 0.717) is 11.4 Å². The topological polar surface area (TPSA) is 38.3 Å². The van der Waals surface area contributed by atoms with Gasteiger partial charge in [0.25, 0.3) is 0 Å². The zero-order chi connectivity index (χ0) is 18.4. The van der Waals surface area contributed by atoms with Crippen molar-refractivity contribution in [3.05, 3.63) is 84.4 Å². The van der Waals surface area contributed by atoms with Gasteiger partial charge in [0.15, 0.2) is 5.75 Å². The van der Waals surface area contributed by atoms with E-state index in [0.717, 1.165) is 10.6 Å². The monoisotopic (exact) mass is 363 g/mol. The molecule has 0 fully saturated rings. The first kappa shape index (κ1) is 18.1.